The van der Waals surface area contributed by atoms with Gasteiger partial charge in [0.15, 0.2) is 6.61 Å². The van der Waals surface area contributed by atoms with Crippen LogP contribution in [0.2, 0.25) is 0 Å². The molecule has 0 rings (SSSR count). The highest BCUT2D eigenvalue weighted by atomic mass is 19.4. The van der Waals surface area contributed by atoms with Crippen LogP contribution in [0.4, 0.5) is 70.2 Å². The number of rotatable bonds is 14. The molecule has 0 aromatic carbocycles. The fourth-order valence-electron chi connectivity index (χ4n) is 2.49. The van der Waals surface area contributed by atoms with Gasteiger partial charge in [-0.15, -0.1) is 0 Å². The Hall–Kier alpha value is -1.99. The van der Waals surface area contributed by atoms with E-state index in [4.69, 9.17) is 5.11 Å². The van der Waals surface area contributed by atoms with Crippen molar-refractivity contribution < 1.29 is 89.7 Å². The number of ether oxygens (including phenoxy) is 1. The average Bonchev–Trinajstić information content (AvgIpc) is 2.80. The van der Waals surface area contributed by atoms with Crippen LogP contribution in [0.3, 0.4) is 0 Å². The summed E-state index contributed by atoms with van der Waals surface area (Å²) < 4.78 is 216. The molecule has 0 saturated heterocycles. The highest BCUT2D eigenvalue weighted by Crippen LogP contribution is 2.62. The summed E-state index contributed by atoms with van der Waals surface area (Å²) >= 11 is 0. The van der Waals surface area contributed by atoms with Crippen LogP contribution in [0.25, 0.3) is 0 Å². The zero-order valence-corrected chi connectivity index (χ0v) is 19.8. The number of hydrogen-bond acceptors (Lipinski definition) is 3. The molecule has 2 atom stereocenters. The number of aliphatic carboxylic acids is 1. The topological polar surface area (TPSA) is 63.6 Å². The second-order valence-corrected chi connectivity index (χ2v) is 7.88. The van der Waals surface area contributed by atoms with E-state index in [2.05, 4.69) is 20.2 Å². The van der Waals surface area contributed by atoms with Gasteiger partial charge in [0, 0.05) is 22.5 Å². The van der Waals surface area contributed by atoms with Gasteiger partial charge in [0.25, 0.3) is 0 Å². The van der Waals surface area contributed by atoms with Crippen LogP contribution < -0.4 is 0 Å². The zero-order valence-electron chi connectivity index (χ0n) is 19.8. The summed E-state index contributed by atoms with van der Waals surface area (Å²) in [5, 5.41) is 8.71. The Balaban J connectivity index is -0.000000493. The summed E-state index contributed by atoms with van der Waals surface area (Å²) in [5.41, 5.74) is 0. The van der Waals surface area contributed by atoms with Crippen molar-refractivity contribution in [2.24, 2.45) is 11.8 Å². The van der Waals surface area contributed by atoms with E-state index in [1.807, 2.05) is 0 Å². The summed E-state index contributed by atoms with van der Waals surface area (Å²) in [4.78, 5) is 22.5. The minimum atomic E-state index is -8.54. The van der Waals surface area contributed by atoms with E-state index < -0.39 is 91.1 Å². The van der Waals surface area contributed by atoms with E-state index in [0.29, 0.717) is 0 Å². The Kier molecular flexibility index (Phi) is 22.6. The van der Waals surface area contributed by atoms with E-state index in [-0.39, 0.29) is 29.7 Å². The number of halogens is 16. The van der Waals surface area contributed by atoms with Gasteiger partial charge in [0.2, 0.25) is 0 Å². The van der Waals surface area contributed by atoms with Crippen molar-refractivity contribution in [2.45, 2.75) is 104 Å². The van der Waals surface area contributed by atoms with Gasteiger partial charge in [0.05, 0.1) is 11.8 Å². The third-order valence-corrected chi connectivity index (χ3v) is 5.01. The largest absolute Gasteiger partial charge is 0.481 e. The van der Waals surface area contributed by atoms with E-state index in [1.54, 1.807) is 0 Å². The van der Waals surface area contributed by atoms with Crippen molar-refractivity contribution in [1.82, 2.24) is 0 Å². The highest BCUT2D eigenvalue weighted by molar-refractivity contribution is 7.17. The lowest BCUT2D eigenvalue weighted by Gasteiger charge is -2.42. The smallest absolute Gasteiger partial charge is 0.385 e. The van der Waals surface area contributed by atoms with Crippen molar-refractivity contribution in [3.63, 3.8) is 0 Å². The summed E-state index contributed by atoms with van der Waals surface area (Å²) in [5.74, 6) is -62.4. The van der Waals surface area contributed by atoms with Crippen LogP contribution in [0.15, 0.2) is 0 Å². The van der Waals surface area contributed by atoms with Crippen molar-refractivity contribution in [1.29, 1.82) is 0 Å². The monoisotopic (exact) mass is 685 g/mol. The van der Waals surface area contributed by atoms with Gasteiger partial charge in [0.1, 0.15) is 0 Å². The van der Waals surface area contributed by atoms with Crippen LogP contribution >= 0.6 is 0 Å². The van der Waals surface area contributed by atoms with E-state index in [1.165, 1.54) is 0 Å². The van der Waals surface area contributed by atoms with E-state index in [9.17, 15) is 79.8 Å². The number of alkyl halides is 16. The Morgan fingerprint density at radius 1 is 0.727 bits per heavy atom. The number of carboxylic acid groups (broad SMARTS) is 1. The Bertz CT molecular complexity index is 861. The quantitative estimate of drug-likeness (QED) is 0.115. The van der Waals surface area contributed by atoms with Crippen LogP contribution in [-0.2, 0) is 14.3 Å². The van der Waals surface area contributed by atoms with E-state index >= 15 is 0 Å². The summed E-state index contributed by atoms with van der Waals surface area (Å²) in [6.07, 6.45) is -7.08. The van der Waals surface area contributed by atoms with Crippen LogP contribution in [-0.4, -0.2) is 94.1 Å². The molecule has 0 heterocycles. The molecular formula is C21H32B3F16O4. The van der Waals surface area contributed by atoms with Gasteiger partial charge < -0.3 is 9.84 Å². The van der Waals surface area contributed by atoms with Crippen LogP contribution in [0.1, 0.15) is 56.4 Å². The molecule has 4 nitrogen and oxygen atoms in total. The first kappa shape index (κ1) is 54.5. The number of carbonyl (C=O) groups is 2. The lowest BCUT2D eigenvalue weighted by atomic mass is 9.40. The molecule has 0 aromatic heterocycles. The van der Waals surface area contributed by atoms with Crippen molar-refractivity contribution in [3.05, 3.63) is 0 Å². The molecule has 0 aliphatic carbocycles. The van der Waals surface area contributed by atoms with Gasteiger partial charge in [-0.25, -0.2) is 8.78 Å². The molecule has 5 radical (unpaired) electrons. The number of hydrogen-bond donors (Lipinski definition) is 1. The normalized spacial score (nSPS) is 14.2. The minimum Gasteiger partial charge on any atom is -0.481 e. The summed E-state index contributed by atoms with van der Waals surface area (Å²) in [6, 6.07) is 0. The Morgan fingerprint density at radius 3 is 1.34 bits per heavy atom. The van der Waals surface area contributed by atoms with Gasteiger partial charge in [-0.1, -0.05) is 43.6 Å². The number of carbonyl (C=O) groups excluding carboxylic acids is 1. The second-order valence-electron chi connectivity index (χ2n) is 7.88. The molecule has 0 fully saturated rings. The molecule has 0 spiro atoms. The fourth-order valence-corrected chi connectivity index (χ4v) is 2.49. The highest BCUT2D eigenvalue weighted by Gasteiger charge is 2.93. The maximum absolute atomic E-state index is 13.8. The number of carboxylic acids is 1. The predicted molar refractivity (Wildman–Crippen MR) is 131 cm³/mol. The van der Waals surface area contributed by atoms with Crippen LogP contribution in [0.5, 0.6) is 0 Å². The van der Waals surface area contributed by atoms with E-state index in [0.717, 1.165) is 20.9 Å². The fraction of sp³-hybridized carbons (Fsp3) is 0.905. The minimum absolute atomic E-state index is 0. The molecule has 0 aliphatic heterocycles. The summed E-state index contributed by atoms with van der Waals surface area (Å²) in [6.45, 7) is -1.23. The average molecular weight is 685 g/mol. The Labute approximate surface area is 247 Å². The molecule has 2 unspecified atom stereocenters. The van der Waals surface area contributed by atoms with Crippen molar-refractivity contribution in [3.8, 4) is 0 Å². The molecule has 261 valence electrons. The maximum atomic E-state index is 13.8. The first-order chi connectivity index (χ1) is 17.5. The standard InChI is InChI=1S/C17H16F16O4.4CH4.B3/c1-3-7(4-6(2)8(34)35)9(36)37-5-11(20,21)13(24,25)15(28,29)17(32,33)16(30,31)14(26,27)12(22,23)10(18)19;;;;;1-3-2/h6-7,10H,3-5H2,1-2H3,(H,34,35);4*1H4;. The molecular weight excluding hydrogens is 653 g/mol. The third-order valence-electron chi connectivity index (χ3n) is 5.01. The maximum Gasteiger partial charge on any atom is 0.385 e. The lowest BCUT2D eigenvalue weighted by Crippen LogP contribution is -2.74. The lowest BCUT2D eigenvalue weighted by molar-refractivity contribution is -0.447. The molecule has 23 heteroatoms. The summed E-state index contributed by atoms with van der Waals surface area (Å²) in [7, 11) is 10.0. The zero-order chi connectivity index (χ0) is 32.9. The van der Waals surface area contributed by atoms with Gasteiger partial charge in [-0.05, 0) is 12.8 Å². The Morgan fingerprint density at radius 2 is 1.05 bits per heavy atom. The first-order valence-electron chi connectivity index (χ1n) is 10.1. The predicted octanol–water partition coefficient (Wildman–Crippen LogP) is 7.78. The molecule has 44 heavy (non-hydrogen) atoms. The van der Waals surface area contributed by atoms with Gasteiger partial charge in [-0.3, -0.25) is 9.59 Å². The molecule has 0 bridgehead atoms. The molecule has 0 aromatic rings. The molecule has 0 amide bonds. The van der Waals surface area contributed by atoms with Gasteiger partial charge in [-0.2, -0.15) is 61.5 Å². The van der Waals surface area contributed by atoms with Crippen molar-refractivity contribution >= 4 is 34.5 Å². The molecule has 0 aliphatic rings. The molecule has 1 N–H and O–H groups in total. The van der Waals surface area contributed by atoms with Crippen LogP contribution in [0, 0.1) is 11.8 Å². The van der Waals surface area contributed by atoms with Crippen molar-refractivity contribution in [2.75, 3.05) is 6.61 Å². The molecule has 0 saturated carbocycles. The second kappa shape index (κ2) is 18.2. The first-order valence-corrected chi connectivity index (χ1v) is 10.1. The number of esters is 1. The SMILES string of the molecule is C.C.C.C.CCC(CC(C)C(=O)O)C(=O)OCC(F)(F)C(F)(F)C(F)(F)C(F)(F)C(F)(F)C(F)(F)C(F)(F)C(F)F.[B][B][B]. The third kappa shape index (κ3) is 10.0. The van der Waals surface area contributed by atoms with Gasteiger partial charge >= 0.3 is 59.8 Å².